The molecule has 0 aromatic carbocycles. The summed E-state index contributed by atoms with van der Waals surface area (Å²) in [6, 6.07) is 1.91. The van der Waals surface area contributed by atoms with Crippen molar-refractivity contribution in [1.29, 1.82) is 0 Å². The maximum atomic E-state index is 2.48. The fourth-order valence-corrected chi connectivity index (χ4v) is 5.37. The van der Waals surface area contributed by atoms with Crippen molar-refractivity contribution in [1.82, 2.24) is 0 Å². The molecular weight excluding hydrogens is 196 g/mol. The summed E-state index contributed by atoms with van der Waals surface area (Å²) in [4.78, 5) is 0. The Morgan fingerprint density at radius 3 is 1.31 bits per heavy atom. The van der Waals surface area contributed by atoms with Crippen molar-refractivity contribution >= 4 is 0 Å². The molecule has 6 fully saturated rings. The number of piperidine rings is 2. The third-order valence-corrected chi connectivity index (χ3v) is 5.96. The van der Waals surface area contributed by atoms with Gasteiger partial charge < -0.3 is 8.97 Å². The number of rotatable bonds is 0. The largest absolute Gasteiger partial charge is 0.325 e. The zero-order chi connectivity index (χ0) is 11.6. The van der Waals surface area contributed by atoms with E-state index in [0.29, 0.717) is 0 Å². The molecule has 92 valence electrons. The third-order valence-electron chi connectivity index (χ3n) is 5.96. The third kappa shape index (κ3) is 1.46. The first-order chi connectivity index (χ1) is 7.40. The van der Waals surface area contributed by atoms with Gasteiger partial charge in [0.2, 0.25) is 0 Å². The number of hydrogen-bond donors (Lipinski definition) is 0. The molecule has 2 nitrogen and oxygen atoms in total. The molecule has 0 aromatic heterocycles. The van der Waals surface area contributed by atoms with Crippen LogP contribution in [0.2, 0.25) is 0 Å². The highest BCUT2D eigenvalue weighted by Gasteiger charge is 2.55. The van der Waals surface area contributed by atoms with E-state index in [1.165, 1.54) is 47.7 Å². The minimum absolute atomic E-state index is 0.954. The van der Waals surface area contributed by atoms with E-state index in [0.717, 1.165) is 23.9 Å². The molecule has 4 atom stereocenters. The van der Waals surface area contributed by atoms with Gasteiger partial charge in [0.05, 0.1) is 65.2 Å². The summed E-state index contributed by atoms with van der Waals surface area (Å²) in [6.07, 6.45) is 6.02. The molecule has 0 N–H and O–H groups in total. The second-order valence-corrected chi connectivity index (χ2v) is 7.73. The summed E-state index contributed by atoms with van der Waals surface area (Å²) in [6.45, 7) is 2.88. The molecule has 1 saturated carbocycles. The van der Waals surface area contributed by atoms with Gasteiger partial charge in [-0.15, -0.1) is 0 Å². The highest BCUT2D eigenvalue weighted by atomic mass is 15.4. The van der Waals surface area contributed by atoms with Crippen LogP contribution in [0.15, 0.2) is 0 Å². The summed E-state index contributed by atoms with van der Waals surface area (Å²) in [7, 11) is 9.93. The standard InChI is InChI=1S/C14H28N2/c1-15(2)9-11-5-7-13(15)12-6-8-14(11)16(3,4)10-12/h11-14H,5-10H2,1-4H3/q+2/t11-,12+,13-,14-/m0/s1. The second kappa shape index (κ2) is 3.23. The van der Waals surface area contributed by atoms with Crippen molar-refractivity contribution in [2.24, 2.45) is 11.8 Å². The van der Waals surface area contributed by atoms with Gasteiger partial charge in [-0.25, -0.2) is 0 Å². The molecule has 0 aromatic rings. The van der Waals surface area contributed by atoms with Crippen LogP contribution in [0.3, 0.4) is 0 Å². The lowest BCUT2D eigenvalue weighted by Crippen LogP contribution is -2.70. The maximum Gasteiger partial charge on any atom is 0.0969 e. The fourth-order valence-electron chi connectivity index (χ4n) is 5.37. The van der Waals surface area contributed by atoms with Crippen LogP contribution in [0.1, 0.15) is 25.7 Å². The summed E-state index contributed by atoms with van der Waals surface area (Å²) in [5.74, 6) is 1.98. The Kier molecular flexibility index (Phi) is 2.23. The maximum absolute atomic E-state index is 2.48. The van der Waals surface area contributed by atoms with Gasteiger partial charge in [0.15, 0.2) is 0 Å². The Bertz CT molecular complexity index is 265. The normalized spacial score (nSPS) is 48.8. The molecule has 0 spiro atoms. The van der Waals surface area contributed by atoms with Gasteiger partial charge >= 0.3 is 0 Å². The molecule has 5 aliphatic heterocycles. The van der Waals surface area contributed by atoms with Crippen LogP contribution in [0.4, 0.5) is 0 Å². The molecule has 5 saturated heterocycles. The van der Waals surface area contributed by atoms with Crippen molar-refractivity contribution in [3.8, 4) is 0 Å². The van der Waals surface area contributed by atoms with Crippen LogP contribution in [-0.4, -0.2) is 62.3 Å². The van der Waals surface area contributed by atoms with E-state index in [1.54, 1.807) is 0 Å². The quantitative estimate of drug-likeness (QED) is 0.550. The van der Waals surface area contributed by atoms with Crippen molar-refractivity contribution in [2.45, 2.75) is 37.8 Å². The first-order valence-electron chi connectivity index (χ1n) is 7.05. The zero-order valence-electron chi connectivity index (χ0n) is 11.4. The zero-order valence-corrected chi connectivity index (χ0v) is 11.4. The second-order valence-electron chi connectivity index (χ2n) is 7.73. The lowest BCUT2D eigenvalue weighted by atomic mass is 9.70. The topological polar surface area (TPSA) is 0 Å². The lowest BCUT2D eigenvalue weighted by molar-refractivity contribution is -0.977. The van der Waals surface area contributed by atoms with Gasteiger partial charge in [-0.1, -0.05) is 0 Å². The van der Waals surface area contributed by atoms with Crippen molar-refractivity contribution in [3.63, 3.8) is 0 Å². The number of quaternary nitrogens is 2. The van der Waals surface area contributed by atoms with Gasteiger partial charge in [-0.3, -0.25) is 0 Å². The van der Waals surface area contributed by atoms with E-state index in [1.807, 2.05) is 0 Å². The lowest BCUT2D eigenvalue weighted by Gasteiger charge is -2.59. The van der Waals surface area contributed by atoms with E-state index in [4.69, 9.17) is 0 Å². The minimum atomic E-state index is 0.954. The molecule has 6 aliphatic rings. The average Bonchev–Trinajstić information content (AvgIpc) is 2.10. The molecule has 0 radical (unpaired) electrons. The molecule has 5 heterocycles. The first-order valence-corrected chi connectivity index (χ1v) is 7.05. The fraction of sp³-hybridized carbons (Fsp3) is 1.00. The van der Waals surface area contributed by atoms with E-state index < -0.39 is 0 Å². The molecule has 6 rings (SSSR count). The van der Waals surface area contributed by atoms with Gasteiger partial charge in [0.25, 0.3) is 0 Å². The minimum Gasteiger partial charge on any atom is -0.325 e. The Morgan fingerprint density at radius 1 is 0.625 bits per heavy atom. The Balaban J connectivity index is 1.99. The van der Waals surface area contributed by atoms with Crippen LogP contribution in [0, 0.1) is 11.8 Å². The van der Waals surface area contributed by atoms with Gasteiger partial charge in [-0.2, -0.15) is 0 Å². The molecular formula is C14H28N2+2. The van der Waals surface area contributed by atoms with Crippen molar-refractivity contribution in [2.75, 3.05) is 41.3 Å². The molecule has 1 aliphatic carbocycles. The first kappa shape index (κ1) is 11.0. The van der Waals surface area contributed by atoms with Crippen molar-refractivity contribution < 1.29 is 8.97 Å². The van der Waals surface area contributed by atoms with Gasteiger partial charge in [0, 0.05) is 12.8 Å². The summed E-state index contributed by atoms with van der Waals surface area (Å²) in [5, 5.41) is 0. The van der Waals surface area contributed by atoms with E-state index in [-0.39, 0.29) is 0 Å². The number of hydrogen-bond acceptors (Lipinski definition) is 0. The number of nitrogens with zero attached hydrogens (tertiary/aromatic N) is 2. The SMILES string of the molecule is C[N+]1(C)C[C@@H]2CC[C@H]1[C@@H]1CC[C@@H]2[N+](C)(C)C1. The monoisotopic (exact) mass is 224 g/mol. The van der Waals surface area contributed by atoms with Crippen molar-refractivity contribution in [3.05, 3.63) is 0 Å². The van der Waals surface area contributed by atoms with E-state index in [9.17, 15) is 0 Å². The van der Waals surface area contributed by atoms with Gasteiger partial charge in [0.1, 0.15) is 0 Å². The smallest absolute Gasteiger partial charge is 0.0969 e. The van der Waals surface area contributed by atoms with Crippen LogP contribution < -0.4 is 0 Å². The predicted molar refractivity (Wildman–Crippen MR) is 67.0 cm³/mol. The summed E-state index contributed by atoms with van der Waals surface area (Å²) >= 11 is 0. The van der Waals surface area contributed by atoms with Gasteiger partial charge in [-0.05, 0) is 12.8 Å². The Labute approximate surface area is 100 Å². The van der Waals surface area contributed by atoms with Crippen LogP contribution >= 0.6 is 0 Å². The Hall–Kier alpha value is -0.0800. The van der Waals surface area contributed by atoms with Crippen LogP contribution in [-0.2, 0) is 0 Å². The highest BCUT2D eigenvalue weighted by molar-refractivity contribution is 4.89. The average molecular weight is 224 g/mol. The molecule has 2 heteroatoms. The molecule has 4 bridgehead atoms. The molecule has 0 unspecified atom stereocenters. The van der Waals surface area contributed by atoms with E-state index in [2.05, 4.69) is 28.2 Å². The summed E-state index contributed by atoms with van der Waals surface area (Å²) in [5.41, 5.74) is 0. The Morgan fingerprint density at radius 2 is 1.00 bits per heavy atom. The summed E-state index contributed by atoms with van der Waals surface area (Å²) < 4.78 is 2.62. The highest BCUT2D eigenvalue weighted by Crippen LogP contribution is 2.45. The predicted octanol–water partition coefficient (Wildman–Crippen LogP) is 1.71. The van der Waals surface area contributed by atoms with E-state index >= 15 is 0 Å². The molecule has 16 heavy (non-hydrogen) atoms. The van der Waals surface area contributed by atoms with Crippen LogP contribution in [0.5, 0.6) is 0 Å². The molecule has 0 amide bonds. The van der Waals surface area contributed by atoms with Crippen LogP contribution in [0.25, 0.3) is 0 Å².